The highest BCUT2D eigenvalue weighted by atomic mass is 35.5. The summed E-state index contributed by atoms with van der Waals surface area (Å²) in [6.45, 7) is 2.47. The highest BCUT2D eigenvalue weighted by Gasteiger charge is 2.25. The predicted molar refractivity (Wildman–Crippen MR) is 112 cm³/mol. The number of ether oxygens (including phenoxy) is 1. The molecule has 2 heterocycles. The summed E-state index contributed by atoms with van der Waals surface area (Å²) >= 11 is 6.02. The van der Waals surface area contributed by atoms with E-state index in [0.29, 0.717) is 37.7 Å². The van der Waals surface area contributed by atoms with Gasteiger partial charge in [-0.25, -0.2) is 4.79 Å². The van der Waals surface area contributed by atoms with Crippen LogP contribution in [0, 0.1) is 10.1 Å². The molecule has 11 heteroatoms. The van der Waals surface area contributed by atoms with Crippen molar-refractivity contribution in [2.45, 2.75) is 13.1 Å². The molecule has 1 aliphatic rings. The number of amides is 1. The Kier molecular flexibility index (Phi) is 7.03. The Bertz CT molecular complexity index is 1060. The van der Waals surface area contributed by atoms with Gasteiger partial charge >= 0.3 is 17.2 Å². The summed E-state index contributed by atoms with van der Waals surface area (Å²) in [7, 11) is 1.12. The summed E-state index contributed by atoms with van der Waals surface area (Å²) in [4.78, 5) is 50.9. The maximum absolute atomic E-state index is 12.7. The molecule has 1 saturated heterocycles. The second-order valence-corrected chi connectivity index (χ2v) is 7.52. The first-order valence-corrected chi connectivity index (χ1v) is 9.88. The van der Waals surface area contributed by atoms with E-state index in [1.807, 2.05) is 24.3 Å². The lowest BCUT2D eigenvalue weighted by Crippen LogP contribution is -2.49. The topological polar surface area (TPSA) is 115 Å². The third kappa shape index (κ3) is 5.47. The van der Waals surface area contributed by atoms with Gasteiger partial charge in [0.15, 0.2) is 0 Å². The first kappa shape index (κ1) is 22.4. The lowest BCUT2D eigenvalue weighted by Gasteiger charge is -2.34. The summed E-state index contributed by atoms with van der Waals surface area (Å²) in [6, 6.07) is 8.42. The lowest BCUT2D eigenvalue weighted by molar-refractivity contribution is -0.386. The van der Waals surface area contributed by atoms with Crippen molar-refractivity contribution in [1.82, 2.24) is 14.4 Å². The minimum Gasteiger partial charge on any atom is -0.465 e. The number of esters is 1. The van der Waals surface area contributed by atoms with Crippen LogP contribution in [-0.4, -0.2) is 64.5 Å². The Morgan fingerprint density at radius 3 is 2.52 bits per heavy atom. The van der Waals surface area contributed by atoms with Gasteiger partial charge in [0.1, 0.15) is 6.54 Å². The van der Waals surface area contributed by atoms with Crippen LogP contribution in [0.1, 0.15) is 15.9 Å². The normalized spacial score (nSPS) is 14.3. The van der Waals surface area contributed by atoms with Gasteiger partial charge in [-0.05, 0) is 17.7 Å². The Hall–Kier alpha value is -3.24. The van der Waals surface area contributed by atoms with Crippen LogP contribution in [0.3, 0.4) is 0 Å². The number of carbonyl (C=O) groups excluding carboxylic acids is 2. The van der Waals surface area contributed by atoms with Crippen molar-refractivity contribution < 1.29 is 19.2 Å². The first-order chi connectivity index (χ1) is 14.8. The van der Waals surface area contributed by atoms with Crippen molar-refractivity contribution in [2.24, 2.45) is 0 Å². The molecule has 0 N–H and O–H groups in total. The molecule has 0 spiro atoms. The molecule has 0 saturated carbocycles. The average Bonchev–Trinajstić information content (AvgIpc) is 2.74. The number of rotatable bonds is 6. The van der Waals surface area contributed by atoms with Crippen molar-refractivity contribution in [3.8, 4) is 0 Å². The molecule has 164 valence electrons. The molecular formula is C20H21ClN4O6. The van der Waals surface area contributed by atoms with Crippen LogP contribution >= 0.6 is 11.6 Å². The SMILES string of the molecule is COC(=O)c1cc([N+](=O)[O-])c(=O)n(CC(=O)N2CCN(Cc3cccc(Cl)c3)CC2)c1. The molecule has 0 radical (unpaired) electrons. The number of methoxy groups -OCH3 is 1. The van der Waals surface area contributed by atoms with Gasteiger partial charge in [0.25, 0.3) is 0 Å². The van der Waals surface area contributed by atoms with E-state index in [1.165, 1.54) is 0 Å². The number of hydrogen-bond acceptors (Lipinski definition) is 7. The highest BCUT2D eigenvalue weighted by Crippen LogP contribution is 2.14. The first-order valence-electron chi connectivity index (χ1n) is 9.50. The third-order valence-electron chi connectivity index (χ3n) is 5.01. The molecule has 0 atom stereocenters. The molecule has 2 aromatic rings. The lowest BCUT2D eigenvalue weighted by atomic mass is 10.2. The molecule has 1 amide bonds. The number of benzene rings is 1. The summed E-state index contributed by atoms with van der Waals surface area (Å²) < 4.78 is 5.45. The van der Waals surface area contributed by atoms with E-state index in [-0.39, 0.29) is 11.5 Å². The van der Waals surface area contributed by atoms with Gasteiger partial charge in [0.05, 0.1) is 17.6 Å². The largest absolute Gasteiger partial charge is 0.465 e. The predicted octanol–water partition coefficient (Wildman–Crippen LogP) is 1.54. The Balaban J connectivity index is 1.67. The summed E-state index contributed by atoms with van der Waals surface area (Å²) in [6.07, 6.45) is 1.11. The second kappa shape index (κ2) is 9.71. The molecule has 0 bridgehead atoms. The fraction of sp³-hybridized carbons (Fsp3) is 0.350. The van der Waals surface area contributed by atoms with Gasteiger partial charge < -0.3 is 9.64 Å². The van der Waals surface area contributed by atoms with Crippen molar-refractivity contribution >= 4 is 29.2 Å². The smallest absolute Gasteiger partial charge is 0.339 e. The summed E-state index contributed by atoms with van der Waals surface area (Å²) in [5, 5.41) is 11.8. The molecule has 0 unspecified atom stereocenters. The van der Waals surface area contributed by atoms with E-state index in [9.17, 15) is 24.5 Å². The van der Waals surface area contributed by atoms with Crippen LogP contribution in [0.4, 0.5) is 5.69 Å². The van der Waals surface area contributed by atoms with E-state index in [2.05, 4.69) is 9.64 Å². The average molecular weight is 449 g/mol. The zero-order chi connectivity index (χ0) is 22.5. The van der Waals surface area contributed by atoms with Crippen LogP contribution in [0.2, 0.25) is 5.02 Å². The van der Waals surface area contributed by atoms with Gasteiger partial charge in [-0.3, -0.25) is 29.2 Å². The maximum atomic E-state index is 12.7. The molecule has 3 rings (SSSR count). The number of nitro groups is 1. The van der Waals surface area contributed by atoms with Crippen molar-refractivity contribution in [2.75, 3.05) is 33.3 Å². The standard InChI is InChI=1S/C20H21ClN4O6/c1-31-20(28)15-10-17(25(29)30)19(27)24(12-15)13-18(26)23-7-5-22(6-8-23)11-14-3-2-4-16(21)9-14/h2-4,9-10,12H,5-8,11,13H2,1H3. The van der Waals surface area contributed by atoms with Crippen LogP contribution in [0.15, 0.2) is 41.3 Å². The zero-order valence-corrected chi connectivity index (χ0v) is 17.6. The number of aromatic nitrogens is 1. The van der Waals surface area contributed by atoms with E-state index < -0.39 is 28.7 Å². The summed E-state index contributed by atoms with van der Waals surface area (Å²) in [5.41, 5.74) is -0.841. The van der Waals surface area contributed by atoms with Crippen LogP contribution in [-0.2, 0) is 22.6 Å². The van der Waals surface area contributed by atoms with Gasteiger partial charge in [0, 0.05) is 50.0 Å². The van der Waals surface area contributed by atoms with E-state index in [4.69, 9.17) is 11.6 Å². The van der Waals surface area contributed by atoms with Gasteiger partial charge in [-0.1, -0.05) is 23.7 Å². The number of halogens is 1. The molecule has 1 aromatic heterocycles. The van der Waals surface area contributed by atoms with E-state index in [0.717, 1.165) is 29.5 Å². The number of carbonyl (C=O) groups is 2. The van der Waals surface area contributed by atoms with Gasteiger partial charge in [0.2, 0.25) is 5.91 Å². The van der Waals surface area contributed by atoms with Gasteiger partial charge in [-0.15, -0.1) is 0 Å². The molecule has 1 aliphatic heterocycles. The monoisotopic (exact) mass is 448 g/mol. The second-order valence-electron chi connectivity index (χ2n) is 7.08. The minimum atomic E-state index is -0.953. The third-order valence-corrected chi connectivity index (χ3v) is 5.25. The van der Waals surface area contributed by atoms with Crippen molar-refractivity contribution in [1.29, 1.82) is 0 Å². The van der Waals surface area contributed by atoms with Crippen molar-refractivity contribution in [3.63, 3.8) is 0 Å². The minimum absolute atomic E-state index is 0.173. The Labute approximate surface area is 182 Å². The van der Waals surface area contributed by atoms with E-state index >= 15 is 0 Å². The Morgan fingerprint density at radius 2 is 1.90 bits per heavy atom. The van der Waals surface area contributed by atoms with Crippen LogP contribution < -0.4 is 5.56 Å². The molecular weight excluding hydrogens is 428 g/mol. The summed E-state index contributed by atoms with van der Waals surface area (Å²) in [5.74, 6) is -1.19. The van der Waals surface area contributed by atoms with Crippen molar-refractivity contribution in [3.05, 3.63) is 73.1 Å². The molecule has 10 nitrogen and oxygen atoms in total. The fourth-order valence-electron chi connectivity index (χ4n) is 3.39. The molecule has 0 aliphatic carbocycles. The van der Waals surface area contributed by atoms with Crippen LogP contribution in [0.5, 0.6) is 0 Å². The molecule has 31 heavy (non-hydrogen) atoms. The van der Waals surface area contributed by atoms with E-state index in [1.54, 1.807) is 4.90 Å². The Morgan fingerprint density at radius 1 is 1.19 bits per heavy atom. The molecule has 1 aromatic carbocycles. The number of pyridine rings is 1. The number of hydrogen-bond donors (Lipinski definition) is 0. The molecule has 1 fully saturated rings. The fourth-order valence-corrected chi connectivity index (χ4v) is 3.61. The highest BCUT2D eigenvalue weighted by molar-refractivity contribution is 6.30. The zero-order valence-electron chi connectivity index (χ0n) is 16.8. The maximum Gasteiger partial charge on any atom is 0.339 e. The van der Waals surface area contributed by atoms with Gasteiger partial charge in [-0.2, -0.15) is 0 Å². The van der Waals surface area contributed by atoms with Crippen LogP contribution in [0.25, 0.3) is 0 Å². The number of piperazine rings is 1. The number of nitrogens with zero attached hydrogens (tertiary/aromatic N) is 4. The quantitative estimate of drug-likeness (QED) is 0.374.